The van der Waals surface area contributed by atoms with Gasteiger partial charge in [-0.25, -0.2) is 0 Å². The van der Waals surface area contributed by atoms with E-state index in [0.29, 0.717) is 18.4 Å². The minimum absolute atomic E-state index is 0.163. The fraction of sp³-hybridized carbons (Fsp3) is 0.588. The molecular formula is C17H24BrNO. The van der Waals surface area contributed by atoms with Gasteiger partial charge in [-0.3, -0.25) is 4.79 Å². The molecule has 2 unspecified atom stereocenters. The van der Waals surface area contributed by atoms with E-state index in [4.69, 9.17) is 0 Å². The summed E-state index contributed by atoms with van der Waals surface area (Å²) < 4.78 is 0. The summed E-state index contributed by atoms with van der Waals surface area (Å²) in [4.78, 5) is 12.3. The monoisotopic (exact) mass is 337 g/mol. The third-order valence-electron chi connectivity index (χ3n) is 4.31. The molecule has 0 saturated heterocycles. The average Bonchev–Trinajstić information content (AvgIpc) is 2.43. The van der Waals surface area contributed by atoms with Crippen LogP contribution in [0.4, 0.5) is 0 Å². The van der Waals surface area contributed by atoms with Crippen LogP contribution in [0.15, 0.2) is 18.2 Å². The molecule has 1 aliphatic carbocycles. The van der Waals surface area contributed by atoms with Crippen LogP contribution >= 0.6 is 15.9 Å². The van der Waals surface area contributed by atoms with E-state index in [1.165, 1.54) is 30.4 Å². The largest absolute Gasteiger partial charge is 0.353 e. The molecule has 0 heterocycles. The van der Waals surface area contributed by atoms with Crippen molar-refractivity contribution in [1.82, 2.24) is 5.32 Å². The molecule has 1 N–H and O–H groups in total. The zero-order valence-electron chi connectivity index (χ0n) is 12.4. The minimum Gasteiger partial charge on any atom is -0.353 e. The van der Waals surface area contributed by atoms with Crippen LogP contribution in [-0.4, -0.2) is 17.3 Å². The Hall–Kier alpha value is -0.830. The van der Waals surface area contributed by atoms with E-state index in [1.807, 2.05) is 0 Å². The highest BCUT2D eigenvalue weighted by Crippen LogP contribution is 2.26. The van der Waals surface area contributed by atoms with Crippen LogP contribution in [-0.2, 0) is 11.2 Å². The van der Waals surface area contributed by atoms with E-state index in [-0.39, 0.29) is 5.91 Å². The van der Waals surface area contributed by atoms with Crippen molar-refractivity contribution in [3.63, 3.8) is 0 Å². The van der Waals surface area contributed by atoms with Crippen molar-refractivity contribution in [3.8, 4) is 0 Å². The Morgan fingerprint density at radius 1 is 1.30 bits per heavy atom. The molecule has 0 aliphatic heterocycles. The lowest BCUT2D eigenvalue weighted by Crippen LogP contribution is -2.43. The Morgan fingerprint density at radius 2 is 2.05 bits per heavy atom. The number of amides is 1. The maximum absolute atomic E-state index is 12.3. The first-order chi connectivity index (χ1) is 9.60. The first kappa shape index (κ1) is 15.6. The Kier molecular flexibility index (Phi) is 5.64. The molecule has 0 bridgehead atoms. The van der Waals surface area contributed by atoms with E-state index < -0.39 is 0 Å². The van der Waals surface area contributed by atoms with Gasteiger partial charge < -0.3 is 5.32 Å². The molecule has 1 amide bonds. The van der Waals surface area contributed by atoms with E-state index in [2.05, 4.69) is 53.3 Å². The van der Waals surface area contributed by atoms with Crippen molar-refractivity contribution < 1.29 is 4.79 Å². The predicted molar refractivity (Wildman–Crippen MR) is 87.3 cm³/mol. The van der Waals surface area contributed by atoms with Gasteiger partial charge in [-0.15, -0.1) is 0 Å². The molecule has 2 nitrogen and oxygen atoms in total. The number of rotatable bonds is 4. The number of hydrogen-bond donors (Lipinski definition) is 1. The Bertz CT molecular complexity index is 472. The molecule has 0 spiro atoms. The van der Waals surface area contributed by atoms with Crippen LogP contribution in [0.3, 0.4) is 0 Å². The highest BCUT2D eigenvalue weighted by molar-refractivity contribution is 9.09. The summed E-state index contributed by atoms with van der Waals surface area (Å²) in [6.45, 7) is 4.15. The smallest absolute Gasteiger partial charge is 0.224 e. The highest BCUT2D eigenvalue weighted by atomic mass is 79.9. The number of nitrogens with one attached hydrogen (secondary N) is 1. The Balaban J connectivity index is 1.96. The number of aryl methyl sites for hydroxylation is 2. The van der Waals surface area contributed by atoms with E-state index in [9.17, 15) is 4.79 Å². The minimum atomic E-state index is 0.163. The molecule has 3 heteroatoms. The van der Waals surface area contributed by atoms with Gasteiger partial charge in [0.25, 0.3) is 0 Å². The number of alkyl halides is 1. The standard InChI is InChI=1S/C17H24BrNO/c1-12-7-8-13(2)15(9-12)10-17(20)19-16-6-4-3-5-14(16)11-18/h7-9,14,16H,3-6,10-11H2,1-2H3,(H,19,20). The van der Waals surface area contributed by atoms with Crippen molar-refractivity contribution in [1.29, 1.82) is 0 Å². The molecule has 1 aliphatic rings. The molecule has 1 fully saturated rings. The van der Waals surface area contributed by atoms with Crippen LogP contribution in [0, 0.1) is 19.8 Å². The third-order valence-corrected chi connectivity index (χ3v) is 5.14. The van der Waals surface area contributed by atoms with E-state index in [0.717, 1.165) is 17.3 Å². The SMILES string of the molecule is Cc1ccc(C)c(CC(=O)NC2CCCCC2CBr)c1. The number of halogens is 1. The third kappa shape index (κ3) is 4.08. The number of hydrogen-bond acceptors (Lipinski definition) is 1. The number of carbonyl (C=O) groups excluding carboxylic acids is 1. The zero-order valence-corrected chi connectivity index (χ0v) is 14.0. The summed E-state index contributed by atoms with van der Waals surface area (Å²) in [6.07, 6.45) is 5.37. The molecular weight excluding hydrogens is 314 g/mol. The summed E-state index contributed by atoms with van der Waals surface area (Å²) in [6, 6.07) is 6.66. The maximum atomic E-state index is 12.3. The van der Waals surface area contributed by atoms with Crippen LogP contribution in [0.5, 0.6) is 0 Å². The second-order valence-electron chi connectivity index (χ2n) is 5.98. The lowest BCUT2D eigenvalue weighted by Gasteiger charge is -2.31. The summed E-state index contributed by atoms with van der Waals surface area (Å²) in [7, 11) is 0. The Morgan fingerprint density at radius 3 is 2.80 bits per heavy atom. The molecule has 110 valence electrons. The molecule has 0 aromatic heterocycles. The van der Waals surface area contributed by atoms with Gasteiger partial charge in [-0.05, 0) is 43.7 Å². The topological polar surface area (TPSA) is 29.1 Å². The molecule has 2 rings (SSSR count). The van der Waals surface area contributed by atoms with Gasteiger partial charge in [0.2, 0.25) is 5.91 Å². The fourth-order valence-corrected chi connectivity index (χ4v) is 3.78. The van der Waals surface area contributed by atoms with Gasteiger partial charge in [0.1, 0.15) is 0 Å². The normalized spacial score (nSPS) is 22.6. The van der Waals surface area contributed by atoms with Crippen LogP contribution in [0.2, 0.25) is 0 Å². The molecule has 1 aromatic rings. The zero-order chi connectivity index (χ0) is 14.5. The summed E-state index contributed by atoms with van der Waals surface area (Å²) in [5.74, 6) is 0.753. The molecule has 2 atom stereocenters. The van der Waals surface area contributed by atoms with Crippen molar-refractivity contribution >= 4 is 21.8 Å². The van der Waals surface area contributed by atoms with Crippen molar-refractivity contribution in [2.24, 2.45) is 5.92 Å². The van der Waals surface area contributed by atoms with Crippen LogP contribution < -0.4 is 5.32 Å². The first-order valence-electron chi connectivity index (χ1n) is 7.51. The van der Waals surface area contributed by atoms with E-state index >= 15 is 0 Å². The van der Waals surface area contributed by atoms with Crippen LogP contribution in [0.1, 0.15) is 42.4 Å². The highest BCUT2D eigenvalue weighted by Gasteiger charge is 2.25. The van der Waals surface area contributed by atoms with Gasteiger partial charge >= 0.3 is 0 Å². The number of carbonyl (C=O) groups is 1. The summed E-state index contributed by atoms with van der Waals surface area (Å²) in [5, 5.41) is 4.23. The number of benzene rings is 1. The summed E-state index contributed by atoms with van der Waals surface area (Å²) in [5.41, 5.74) is 3.56. The quantitative estimate of drug-likeness (QED) is 0.829. The van der Waals surface area contributed by atoms with Gasteiger partial charge in [0.15, 0.2) is 0 Å². The summed E-state index contributed by atoms with van der Waals surface area (Å²) >= 11 is 3.58. The lowest BCUT2D eigenvalue weighted by molar-refractivity contribution is -0.121. The maximum Gasteiger partial charge on any atom is 0.224 e. The lowest BCUT2D eigenvalue weighted by atomic mass is 9.85. The van der Waals surface area contributed by atoms with Gasteiger partial charge in [-0.1, -0.05) is 52.5 Å². The molecule has 1 saturated carbocycles. The second kappa shape index (κ2) is 7.26. The second-order valence-corrected chi connectivity index (χ2v) is 6.63. The average molecular weight is 338 g/mol. The van der Waals surface area contributed by atoms with Gasteiger partial charge in [0.05, 0.1) is 6.42 Å². The molecule has 0 radical (unpaired) electrons. The van der Waals surface area contributed by atoms with Crippen molar-refractivity contribution in [2.45, 2.75) is 52.0 Å². The van der Waals surface area contributed by atoms with Crippen molar-refractivity contribution in [3.05, 3.63) is 34.9 Å². The Labute approximate surface area is 130 Å². The van der Waals surface area contributed by atoms with Crippen LogP contribution in [0.25, 0.3) is 0 Å². The molecule has 1 aromatic carbocycles. The molecule has 20 heavy (non-hydrogen) atoms. The fourth-order valence-electron chi connectivity index (χ4n) is 3.00. The van der Waals surface area contributed by atoms with Gasteiger partial charge in [0, 0.05) is 11.4 Å². The first-order valence-corrected chi connectivity index (χ1v) is 8.63. The van der Waals surface area contributed by atoms with Crippen molar-refractivity contribution in [2.75, 3.05) is 5.33 Å². The van der Waals surface area contributed by atoms with Gasteiger partial charge in [-0.2, -0.15) is 0 Å². The van der Waals surface area contributed by atoms with E-state index in [1.54, 1.807) is 0 Å². The predicted octanol–water partition coefficient (Wildman–Crippen LogP) is 3.92.